The zero-order valence-electron chi connectivity index (χ0n) is 9.86. The topological polar surface area (TPSA) is 29.5 Å². The van der Waals surface area contributed by atoms with E-state index < -0.39 is 0 Å². The Kier molecular flexibility index (Phi) is 3.61. The summed E-state index contributed by atoms with van der Waals surface area (Å²) in [5, 5.41) is 0. The Balaban J connectivity index is 1.95. The van der Waals surface area contributed by atoms with Gasteiger partial charge < -0.3 is 9.64 Å². The van der Waals surface area contributed by atoms with Crippen LogP contribution < -0.4 is 4.74 Å². The monoisotopic (exact) mass is 237 g/mol. The van der Waals surface area contributed by atoms with Crippen LogP contribution in [0.1, 0.15) is 18.4 Å². The number of hydrogen-bond acceptors (Lipinski definition) is 2. The Morgan fingerprint density at radius 3 is 3.12 bits per heavy atom. The summed E-state index contributed by atoms with van der Waals surface area (Å²) in [5.41, 5.74) is 0.778. The molecule has 17 heavy (non-hydrogen) atoms. The van der Waals surface area contributed by atoms with Crippen molar-refractivity contribution in [2.75, 3.05) is 13.2 Å². The maximum atomic E-state index is 12.9. The summed E-state index contributed by atoms with van der Waals surface area (Å²) in [4.78, 5) is 12.5. The standard InChI is InChI=1S/C13H16FNO2/c1-10-7-11(14)4-5-13(10)17-8-12-3-2-6-15(12)9-16/h4-5,7,9,12H,2-3,6,8H2,1H3. The van der Waals surface area contributed by atoms with E-state index in [0.29, 0.717) is 12.4 Å². The number of hydrogen-bond donors (Lipinski definition) is 0. The van der Waals surface area contributed by atoms with E-state index in [4.69, 9.17) is 4.74 Å². The van der Waals surface area contributed by atoms with E-state index in [1.54, 1.807) is 11.0 Å². The Hall–Kier alpha value is -1.58. The maximum absolute atomic E-state index is 12.9. The number of aryl methyl sites for hydroxylation is 1. The highest BCUT2D eigenvalue weighted by Gasteiger charge is 2.23. The molecule has 0 bridgehead atoms. The molecule has 1 saturated heterocycles. The molecule has 1 aliphatic rings. The molecule has 0 aliphatic carbocycles. The van der Waals surface area contributed by atoms with Crippen molar-refractivity contribution >= 4 is 6.41 Å². The lowest BCUT2D eigenvalue weighted by atomic mass is 10.2. The van der Waals surface area contributed by atoms with Crippen molar-refractivity contribution in [1.82, 2.24) is 4.90 Å². The van der Waals surface area contributed by atoms with E-state index in [9.17, 15) is 9.18 Å². The maximum Gasteiger partial charge on any atom is 0.210 e. The van der Waals surface area contributed by atoms with Crippen LogP contribution in [0, 0.1) is 12.7 Å². The molecule has 0 saturated carbocycles. The SMILES string of the molecule is Cc1cc(F)ccc1OCC1CCCN1C=O. The van der Waals surface area contributed by atoms with Gasteiger partial charge in [-0.15, -0.1) is 0 Å². The zero-order valence-corrected chi connectivity index (χ0v) is 9.86. The number of benzene rings is 1. The van der Waals surface area contributed by atoms with Crippen molar-refractivity contribution in [3.05, 3.63) is 29.6 Å². The van der Waals surface area contributed by atoms with Crippen LogP contribution in [0.15, 0.2) is 18.2 Å². The first kappa shape index (κ1) is 11.9. The number of likely N-dealkylation sites (tertiary alicyclic amines) is 1. The molecule has 0 N–H and O–H groups in total. The van der Waals surface area contributed by atoms with Gasteiger partial charge in [-0.3, -0.25) is 4.79 Å². The predicted octanol–water partition coefficient (Wildman–Crippen LogP) is 2.13. The number of nitrogens with zero attached hydrogens (tertiary/aromatic N) is 1. The molecule has 1 amide bonds. The molecular weight excluding hydrogens is 221 g/mol. The molecule has 1 atom stereocenters. The Bertz CT molecular complexity index is 408. The average Bonchev–Trinajstić information content (AvgIpc) is 2.75. The second-order valence-electron chi connectivity index (χ2n) is 4.36. The first-order chi connectivity index (χ1) is 8.20. The molecule has 3 nitrogen and oxygen atoms in total. The normalized spacial score (nSPS) is 19.4. The van der Waals surface area contributed by atoms with Crippen LogP contribution in [0.25, 0.3) is 0 Å². The van der Waals surface area contributed by atoms with Gasteiger partial charge in [0.15, 0.2) is 0 Å². The number of ether oxygens (including phenoxy) is 1. The van der Waals surface area contributed by atoms with Crippen LogP contribution in [-0.2, 0) is 4.79 Å². The van der Waals surface area contributed by atoms with E-state index in [1.807, 2.05) is 6.92 Å². The summed E-state index contributed by atoms with van der Waals surface area (Å²) in [5.74, 6) is 0.425. The third-order valence-electron chi connectivity index (χ3n) is 3.13. The molecule has 1 aromatic rings. The molecule has 1 heterocycles. The summed E-state index contributed by atoms with van der Waals surface area (Å²) in [6.07, 6.45) is 2.87. The van der Waals surface area contributed by atoms with Gasteiger partial charge in [-0.1, -0.05) is 0 Å². The van der Waals surface area contributed by atoms with Crippen molar-refractivity contribution < 1.29 is 13.9 Å². The van der Waals surface area contributed by atoms with E-state index in [2.05, 4.69) is 0 Å². The smallest absolute Gasteiger partial charge is 0.210 e. The highest BCUT2D eigenvalue weighted by molar-refractivity contribution is 5.48. The van der Waals surface area contributed by atoms with Gasteiger partial charge in [-0.25, -0.2) is 4.39 Å². The molecule has 1 aromatic carbocycles. The van der Waals surface area contributed by atoms with Crippen molar-refractivity contribution in [3.8, 4) is 5.75 Å². The van der Waals surface area contributed by atoms with Gasteiger partial charge in [0.25, 0.3) is 0 Å². The third kappa shape index (κ3) is 2.75. The molecule has 0 aromatic heterocycles. The minimum absolute atomic E-state index is 0.150. The molecule has 4 heteroatoms. The fourth-order valence-corrected chi connectivity index (χ4v) is 2.14. The van der Waals surface area contributed by atoms with Gasteiger partial charge in [-0.2, -0.15) is 0 Å². The summed E-state index contributed by atoms with van der Waals surface area (Å²) in [7, 11) is 0. The Morgan fingerprint density at radius 2 is 2.41 bits per heavy atom. The van der Waals surface area contributed by atoms with E-state index in [0.717, 1.165) is 31.4 Å². The van der Waals surface area contributed by atoms with Crippen LogP contribution in [-0.4, -0.2) is 30.5 Å². The van der Waals surface area contributed by atoms with Gasteiger partial charge in [0.2, 0.25) is 6.41 Å². The van der Waals surface area contributed by atoms with Gasteiger partial charge in [0.05, 0.1) is 6.04 Å². The quantitative estimate of drug-likeness (QED) is 0.751. The fraction of sp³-hybridized carbons (Fsp3) is 0.462. The molecule has 0 radical (unpaired) electrons. The lowest BCUT2D eigenvalue weighted by Gasteiger charge is -2.20. The van der Waals surface area contributed by atoms with E-state index >= 15 is 0 Å². The summed E-state index contributed by atoms with van der Waals surface area (Å²) < 4.78 is 18.5. The number of rotatable bonds is 4. The van der Waals surface area contributed by atoms with E-state index in [-0.39, 0.29) is 11.9 Å². The number of carbonyl (C=O) groups is 1. The van der Waals surface area contributed by atoms with Crippen LogP contribution >= 0.6 is 0 Å². The van der Waals surface area contributed by atoms with Gasteiger partial charge in [0.1, 0.15) is 18.2 Å². The van der Waals surface area contributed by atoms with Crippen LogP contribution in [0.5, 0.6) is 5.75 Å². The Morgan fingerprint density at radius 1 is 1.59 bits per heavy atom. The average molecular weight is 237 g/mol. The summed E-state index contributed by atoms with van der Waals surface area (Å²) in [6.45, 7) is 3.09. The Labute approximate surface area is 100 Å². The van der Waals surface area contributed by atoms with Crippen molar-refractivity contribution in [3.63, 3.8) is 0 Å². The number of amides is 1. The second-order valence-corrected chi connectivity index (χ2v) is 4.36. The summed E-state index contributed by atoms with van der Waals surface area (Å²) >= 11 is 0. The number of carbonyl (C=O) groups excluding carboxylic acids is 1. The van der Waals surface area contributed by atoms with Gasteiger partial charge >= 0.3 is 0 Å². The fourth-order valence-electron chi connectivity index (χ4n) is 2.14. The largest absolute Gasteiger partial charge is 0.491 e. The number of halogens is 1. The third-order valence-corrected chi connectivity index (χ3v) is 3.13. The molecular formula is C13H16FNO2. The lowest BCUT2D eigenvalue weighted by molar-refractivity contribution is -0.119. The highest BCUT2D eigenvalue weighted by Crippen LogP contribution is 2.21. The zero-order chi connectivity index (χ0) is 12.3. The highest BCUT2D eigenvalue weighted by atomic mass is 19.1. The van der Waals surface area contributed by atoms with Crippen molar-refractivity contribution in [2.45, 2.75) is 25.8 Å². The minimum atomic E-state index is -0.259. The van der Waals surface area contributed by atoms with Crippen LogP contribution in [0.4, 0.5) is 4.39 Å². The second kappa shape index (κ2) is 5.17. The van der Waals surface area contributed by atoms with Gasteiger partial charge in [-0.05, 0) is 43.5 Å². The van der Waals surface area contributed by atoms with E-state index in [1.165, 1.54) is 12.1 Å². The molecule has 0 spiro atoms. The minimum Gasteiger partial charge on any atom is -0.491 e. The van der Waals surface area contributed by atoms with Crippen molar-refractivity contribution in [1.29, 1.82) is 0 Å². The van der Waals surface area contributed by atoms with Gasteiger partial charge in [0, 0.05) is 6.54 Å². The molecule has 1 unspecified atom stereocenters. The first-order valence-corrected chi connectivity index (χ1v) is 5.80. The lowest BCUT2D eigenvalue weighted by Crippen LogP contribution is -2.33. The van der Waals surface area contributed by atoms with Crippen molar-refractivity contribution in [2.24, 2.45) is 0 Å². The molecule has 1 fully saturated rings. The van der Waals surface area contributed by atoms with Crippen LogP contribution in [0.2, 0.25) is 0 Å². The molecule has 2 rings (SSSR count). The first-order valence-electron chi connectivity index (χ1n) is 5.80. The molecule has 92 valence electrons. The molecule has 1 aliphatic heterocycles. The predicted molar refractivity (Wildman–Crippen MR) is 62.4 cm³/mol. The van der Waals surface area contributed by atoms with Crippen LogP contribution in [0.3, 0.4) is 0 Å². The summed E-state index contributed by atoms with van der Waals surface area (Å²) in [6, 6.07) is 4.61.